The standard InChI is InChI=1S/C12H14FN3O/c1-9-15-12(17-16-9)5-6-14-8-10-3-2-4-11(13)7-10/h2-4,7,14H,5-6,8H2,1H3. The minimum absolute atomic E-state index is 0.211. The van der Waals surface area contributed by atoms with E-state index in [1.807, 2.05) is 6.07 Å². The molecule has 0 radical (unpaired) electrons. The van der Waals surface area contributed by atoms with Crippen LogP contribution in [0.3, 0.4) is 0 Å². The Balaban J connectivity index is 1.73. The van der Waals surface area contributed by atoms with Crippen molar-refractivity contribution in [2.45, 2.75) is 19.9 Å². The third-order valence-corrected chi connectivity index (χ3v) is 2.30. The molecule has 0 aliphatic heterocycles. The van der Waals surface area contributed by atoms with Gasteiger partial charge in [0.25, 0.3) is 0 Å². The first kappa shape index (κ1) is 11.7. The lowest BCUT2D eigenvalue weighted by Gasteiger charge is -2.02. The Morgan fingerprint density at radius 1 is 1.41 bits per heavy atom. The van der Waals surface area contributed by atoms with Gasteiger partial charge in [-0.25, -0.2) is 4.39 Å². The summed E-state index contributed by atoms with van der Waals surface area (Å²) in [4.78, 5) is 4.09. The molecule has 0 saturated carbocycles. The van der Waals surface area contributed by atoms with Crippen LogP contribution in [0.5, 0.6) is 0 Å². The van der Waals surface area contributed by atoms with E-state index in [9.17, 15) is 4.39 Å². The van der Waals surface area contributed by atoms with Crippen molar-refractivity contribution in [3.63, 3.8) is 0 Å². The molecule has 1 aromatic carbocycles. The topological polar surface area (TPSA) is 51.0 Å². The van der Waals surface area contributed by atoms with E-state index in [1.165, 1.54) is 12.1 Å². The number of aryl methyl sites for hydroxylation is 1. The second-order valence-electron chi connectivity index (χ2n) is 3.79. The molecule has 5 heteroatoms. The van der Waals surface area contributed by atoms with Gasteiger partial charge in [-0.3, -0.25) is 0 Å². The number of rotatable bonds is 5. The first-order chi connectivity index (χ1) is 8.24. The Kier molecular flexibility index (Phi) is 3.82. The van der Waals surface area contributed by atoms with Crippen LogP contribution in [0.4, 0.5) is 4.39 Å². The van der Waals surface area contributed by atoms with Crippen LogP contribution in [-0.2, 0) is 13.0 Å². The molecule has 1 N–H and O–H groups in total. The van der Waals surface area contributed by atoms with Gasteiger partial charge in [0.05, 0.1) is 0 Å². The Bertz CT molecular complexity index is 484. The highest BCUT2D eigenvalue weighted by Crippen LogP contribution is 2.03. The first-order valence-corrected chi connectivity index (χ1v) is 5.48. The van der Waals surface area contributed by atoms with E-state index in [2.05, 4.69) is 15.5 Å². The maximum atomic E-state index is 12.9. The Morgan fingerprint density at radius 3 is 3.00 bits per heavy atom. The lowest BCUT2D eigenvalue weighted by atomic mass is 10.2. The molecule has 0 bridgehead atoms. The molecule has 17 heavy (non-hydrogen) atoms. The summed E-state index contributed by atoms with van der Waals surface area (Å²) < 4.78 is 17.9. The average Bonchev–Trinajstić information content (AvgIpc) is 2.71. The highest BCUT2D eigenvalue weighted by atomic mass is 19.1. The normalized spacial score (nSPS) is 10.7. The zero-order valence-corrected chi connectivity index (χ0v) is 9.61. The summed E-state index contributed by atoms with van der Waals surface area (Å²) in [6, 6.07) is 6.54. The van der Waals surface area contributed by atoms with Gasteiger partial charge in [-0.15, -0.1) is 0 Å². The molecule has 4 nitrogen and oxygen atoms in total. The SMILES string of the molecule is Cc1noc(CCNCc2cccc(F)c2)n1. The molecule has 0 fully saturated rings. The largest absolute Gasteiger partial charge is 0.339 e. The number of benzene rings is 1. The summed E-state index contributed by atoms with van der Waals surface area (Å²) >= 11 is 0. The number of nitrogens with one attached hydrogen (secondary N) is 1. The highest BCUT2D eigenvalue weighted by molar-refractivity contribution is 5.15. The monoisotopic (exact) mass is 235 g/mol. The van der Waals surface area contributed by atoms with Gasteiger partial charge >= 0.3 is 0 Å². The molecular weight excluding hydrogens is 221 g/mol. The number of hydrogen-bond acceptors (Lipinski definition) is 4. The van der Waals surface area contributed by atoms with Crippen molar-refractivity contribution in [1.29, 1.82) is 0 Å². The van der Waals surface area contributed by atoms with Crippen LogP contribution in [0, 0.1) is 12.7 Å². The van der Waals surface area contributed by atoms with Crippen LogP contribution >= 0.6 is 0 Å². The smallest absolute Gasteiger partial charge is 0.227 e. The summed E-state index contributed by atoms with van der Waals surface area (Å²) in [6.07, 6.45) is 0.677. The molecule has 0 aliphatic rings. The van der Waals surface area contributed by atoms with Crippen molar-refractivity contribution in [3.05, 3.63) is 47.4 Å². The number of halogens is 1. The van der Waals surface area contributed by atoms with Crippen molar-refractivity contribution in [2.24, 2.45) is 0 Å². The van der Waals surface area contributed by atoms with Gasteiger partial charge in [-0.2, -0.15) is 4.98 Å². The van der Waals surface area contributed by atoms with Gasteiger partial charge in [0.1, 0.15) is 5.82 Å². The third-order valence-electron chi connectivity index (χ3n) is 2.30. The van der Waals surface area contributed by atoms with Gasteiger partial charge < -0.3 is 9.84 Å². The zero-order chi connectivity index (χ0) is 12.1. The second kappa shape index (κ2) is 5.54. The fraction of sp³-hybridized carbons (Fsp3) is 0.333. The maximum Gasteiger partial charge on any atom is 0.227 e. The predicted molar refractivity (Wildman–Crippen MR) is 60.8 cm³/mol. The van der Waals surface area contributed by atoms with E-state index in [0.717, 1.165) is 12.1 Å². The molecule has 0 saturated heterocycles. The molecule has 0 unspecified atom stereocenters. The van der Waals surface area contributed by atoms with Crippen LogP contribution < -0.4 is 5.32 Å². The number of aromatic nitrogens is 2. The van der Waals surface area contributed by atoms with Gasteiger partial charge in [0.2, 0.25) is 5.89 Å². The van der Waals surface area contributed by atoms with Crippen LogP contribution in [0.15, 0.2) is 28.8 Å². The van der Waals surface area contributed by atoms with Crippen molar-refractivity contribution in [1.82, 2.24) is 15.5 Å². The quantitative estimate of drug-likeness (QED) is 0.803. The number of nitrogens with zero attached hydrogens (tertiary/aromatic N) is 2. The van der Waals surface area contributed by atoms with Crippen LogP contribution in [-0.4, -0.2) is 16.7 Å². The minimum Gasteiger partial charge on any atom is -0.339 e. The molecule has 0 aliphatic carbocycles. The van der Waals surface area contributed by atoms with E-state index in [4.69, 9.17) is 4.52 Å². The lowest BCUT2D eigenvalue weighted by molar-refractivity contribution is 0.372. The lowest BCUT2D eigenvalue weighted by Crippen LogP contribution is -2.16. The summed E-state index contributed by atoms with van der Waals surface area (Å²) in [6.45, 7) is 3.14. The van der Waals surface area contributed by atoms with Crippen LogP contribution in [0.2, 0.25) is 0 Å². The highest BCUT2D eigenvalue weighted by Gasteiger charge is 2.01. The van der Waals surface area contributed by atoms with E-state index < -0.39 is 0 Å². The molecule has 2 rings (SSSR count). The van der Waals surface area contributed by atoms with E-state index in [0.29, 0.717) is 24.7 Å². The third kappa shape index (κ3) is 3.64. The minimum atomic E-state index is -0.211. The summed E-state index contributed by atoms with van der Waals surface area (Å²) in [5, 5.41) is 6.89. The van der Waals surface area contributed by atoms with E-state index in [-0.39, 0.29) is 5.82 Å². The van der Waals surface area contributed by atoms with Crippen LogP contribution in [0.25, 0.3) is 0 Å². The Morgan fingerprint density at radius 2 is 2.29 bits per heavy atom. The summed E-state index contributed by atoms with van der Waals surface area (Å²) in [5.74, 6) is 1.05. The summed E-state index contributed by atoms with van der Waals surface area (Å²) in [7, 11) is 0. The summed E-state index contributed by atoms with van der Waals surface area (Å²) in [5.41, 5.74) is 0.923. The fourth-order valence-corrected chi connectivity index (χ4v) is 1.52. The number of hydrogen-bond donors (Lipinski definition) is 1. The molecular formula is C12H14FN3O. The van der Waals surface area contributed by atoms with Gasteiger partial charge in [-0.05, 0) is 24.6 Å². The molecule has 0 spiro atoms. The van der Waals surface area contributed by atoms with Crippen molar-refractivity contribution < 1.29 is 8.91 Å². The van der Waals surface area contributed by atoms with Gasteiger partial charge in [0, 0.05) is 19.5 Å². The van der Waals surface area contributed by atoms with Crippen molar-refractivity contribution >= 4 is 0 Å². The molecule has 2 aromatic rings. The maximum absolute atomic E-state index is 12.9. The zero-order valence-electron chi connectivity index (χ0n) is 9.61. The fourth-order valence-electron chi connectivity index (χ4n) is 1.52. The second-order valence-corrected chi connectivity index (χ2v) is 3.79. The van der Waals surface area contributed by atoms with E-state index in [1.54, 1.807) is 13.0 Å². The van der Waals surface area contributed by atoms with Gasteiger partial charge in [0.15, 0.2) is 5.82 Å². The predicted octanol–water partition coefficient (Wildman–Crippen LogP) is 1.85. The van der Waals surface area contributed by atoms with Crippen molar-refractivity contribution in [3.8, 4) is 0 Å². The van der Waals surface area contributed by atoms with Crippen molar-refractivity contribution in [2.75, 3.05) is 6.54 Å². The van der Waals surface area contributed by atoms with Gasteiger partial charge in [-0.1, -0.05) is 17.3 Å². The molecule has 0 atom stereocenters. The Labute approximate surface area is 98.8 Å². The average molecular weight is 235 g/mol. The van der Waals surface area contributed by atoms with Crippen LogP contribution in [0.1, 0.15) is 17.3 Å². The molecule has 1 heterocycles. The van der Waals surface area contributed by atoms with E-state index >= 15 is 0 Å². The molecule has 0 amide bonds. The molecule has 90 valence electrons. The Hall–Kier alpha value is -1.75. The molecule has 1 aromatic heterocycles. The first-order valence-electron chi connectivity index (χ1n) is 5.48.